The zero-order valence-electron chi connectivity index (χ0n) is 14.3. The van der Waals surface area contributed by atoms with Gasteiger partial charge in [-0.1, -0.05) is 25.0 Å². The number of anilines is 1. The van der Waals surface area contributed by atoms with Crippen molar-refractivity contribution in [1.82, 2.24) is 9.97 Å². The van der Waals surface area contributed by atoms with Gasteiger partial charge >= 0.3 is 0 Å². The van der Waals surface area contributed by atoms with Crippen molar-refractivity contribution in [3.05, 3.63) is 30.0 Å². The summed E-state index contributed by atoms with van der Waals surface area (Å²) in [6, 6.07) is 8.11. The van der Waals surface area contributed by atoms with Gasteiger partial charge in [0.15, 0.2) is 5.82 Å². The number of benzene rings is 1. The summed E-state index contributed by atoms with van der Waals surface area (Å²) in [7, 11) is 0. The maximum Gasteiger partial charge on any atom is 0.151 e. The molecule has 2 heterocycles. The summed E-state index contributed by atoms with van der Waals surface area (Å²) in [6.45, 7) is 8.26. The van der Waals surface area contributed by atoms with Crippen LogP contribution in [0.1, 0.15) is 45.2 Å². The minimum atomic E-state index is -0.150. The molecule has 0 bridgehead atoms. The van der Waals surface area contributed by atoms with E-state index in [0.29, 0.717) is 0 Å². The van der Waals surface area contributed by atoms with E-state index in [1.807, 2.05) is 24.3 Å². The standard InChI is InChI=1S/C19H25N3O/c1-14-17(21-16-9-5-4-8-15(16)20-14)22-12-18(2,3)23-19(13-22)10-6-7-11-19/h4-5,8-9H,6-7,10-13H2,1-3H3. The Balaban J connectivity index is 1.75. The van der Waals surface area contributed by atoms with Crippen LogP contribution in [-0.2, 0) is 4.74 Å². The number of para-hydroxylation sites is 2. The van der Waals surface area contributed by atoms with E-state index in [-0.39, 0.29) is 11.2 Å². The van der Waals surface area contributed by atoms with E-state index in [0.717, 1.165) is 48.5 Å². The number of hydrogen-bond acceptors (Lipinski definition) is 4. The first-order valence-electron chi connectivity index (χ1n) is 8.65. The quantitative estimate of drug-likeness (QED) is 0.801. The Morgan fingerprint density at radius 1 is 1.00 bits per heavy atom. The van der Waals surface area contributed by atoms with Gasteiger partial charge in [-0.25, -0.2) is 9.97 Å². The minimum Gasteiger partial charge on any atom is -0.365 e. The molecule has 2 aliphatic rings. The lowest BCUT2D eigenvalue weighted by molar-refractivity contribution is -0.148. The molecule has 0 unspecified atom stereocenters. The molecule has 0 radical (unpaired) electrons. The van der Waals surface area contributed by atoms with Crippen LogP contribution in [-0.4, -0.2) is 34.3 Å². The molecule has 4 nitrogen and oxygen atoms in total. The maximum atomic E-state index is 6.51. The largest absolute Gasteiger partial charge is 0.365 e. The highest BCUT2D eigenvalue weighted by Crippen LogP contribution is 2.42. The lowest BCUT2D eigenvalue weighted by Crippen LogP contribution is -2.59. The van der Waals surface area contributed by atoms with Crippen LogP contribution in [0.5, 0.6) is 0 Å². The summed E-state index contributed by atoms with van der Waals surface area (Å²) in [4.78, 5) is 12.1. The summed E-state index contributed by atoms with van der Waals surface area (Å²) in [5.41, 5.74) is 2.80. The lowest BCUT2D eigenvalue weighted by Gasteiger charge is -2.49. The zero-order valence-corrected chi connectivity index (χ0v) is 14.3. The monoisotopic (exact) mass is 311 g/mol. The fourth-order valence-corrected chi connectivity index (χ4v) is 4.32. The smallest absolute Gasteiger partial charge is 0.151 e. The number of aromatic nitrogens is 2. The van der Waals surface area contributed by atoms with Crippen molar-refractivity contribution in [3.8, 4) is 0 Å². The fourth-order valence-electron chi connectivity index (χ4n) is 4.32. The first kappa shape index (κ1) is 14.9. The molecule has 1 spiro atoms. The second-order valence-electron chi connectivity index (χ2n) is 7.73. The van der Waals surface area contributed by atoms with E-state index in [1.54, 1.807) is 0 Å². The summed E-state index contributed by atoms with van der Waals surface area (Å²) in [6.07, 6.45) is 4.86. The van der Waals surface area contributed by atoms with Gasteiger partial charge in [-0.3, -0.25) is 0 Å². The Labute approximate surface area is 137 Å². The molecule has 4 heteroatoms. The average molecular weight is 311 g/mol. The molecule has 4 rings (SSSR count). The highest BCUT2D eigenvalue weighted by atomic mass is 16.5. The number of rotatable bonds is 1. The molecular formula is C19H25N3O. The van der Waals surface area contributed by atoms with Gasteiger partial charge in [0.1, 0.15) is 0 Å². The van der Waals surface area contributed by atoms with Gasteiger partial charge in [-0.2, -0.15) is 0 Å². The third kappa shape index (κ3) is 2.69. The molecule has 23 heavy (non-hydrogen) atoms. The Morgan fingerprint density at radius 2 is 1.65 bits per heavy atom. The van der Waals surface area contributed by atoms with Crippen LogP contribution in [0.4, 0.5) is 5.82 Å². The molecule has 1 aliphatic carbocycles. The van der Waals surface area contributed by atoms with Crippen LogP contribution in [0, 0.1) is 6.92 Å². The first-order chi connectivity index (χ1) is 11.0. The number of fused-ring (bicyclic) bond motifs is 1. The summed E-state index contributed by atoms with van der Waals surface area (Å²) in [5.74, 6) is 1.02. The summed E-state index contributed by atoms with van der Waals surface area (Å²) >= 11 is 0. The predicted molar refractivity (Wildman–Crippen MR) is 92.9 cm³/mol. The third-order valence-electron chi connectivity index (χ3n) is 5.08. The Hall–Kier alpha value is -1.68. The maximum absolute atomic E-state index is 6.51. The molecule has 0 N–H and O–H groups in total. The van der Waals surface area contributed by atoms with Crippen molar-refractivity contribution in [1.29, 1.82) is 0 Å². The zero-order chi connectivity index (χ0) is 16.1. The van der Waals surface area contributed by atoms with Gasteiger partial charge < -0.3 is 9.64 Å². The molecule has 0 atom stereocenters. The van der Waals surface area contributed by atoms with Gasteiger partial charge in [0.25, 0.3) is 0 Å². The van der Waals surface area contributed by atoms with Crippen molar-refractivity contribution in [2.75, 3.05) is 18.0 Å². The SMILES string of the molecule is Cc1nc2ccccc2nc1N1CC(C)(C)OC2(CCCC2)C1. The van der Waals surface area contributed by atoms with Crippen LogP contribution in [0.3, 0.4) is 0 Å². The van der Waals surface area contributed by atoms with Crippen LogP contribution in [0.15, 0.2) is 24.3 Å². The summed E-state index contributed by atoms with van der Waals surface area (Å²) in [5, 5.41) is 0. The van der Waals surface area contributed by atoms with Gasteiger partial charge in [0, 0.05) is 13.1 Å². The second kappa shape index (κ2) is 5.17. The van der Waals surface area contributed by atoms with Crippen molar-refractivity contribution < 1.29 is 4.74 Å². The van der Waals surface area contributed by atoms with Crippen molar-refractivity contribution >= 4 is 16.9 Å². The number of nitrogens with zero attached hydrogens (tertiary/aromatic N) is 3. The molecule has 1 saturated heterocycles. The van der Waals surface area contributed by atoms with E-state index in [9.17, 15) is 0 Å². The summed E-state index contributed by atoms with van der Waals surface area (Å²) < 4.78 is 6.51. The fraction of sp³-hybridized carbons (Fsp3) is 0.579. The van der Waals surface area contributed by atoms with Crippen LogP contribution in [0.25, 0.3) is 11.0 Å². The van der Waals surface area contributed by atoms with Crippen molar-refractivity contribution in [2.45, 2.75) is 57.7 Å². The van der Waals surface area contributed by atoms with E-state index >= 15 is 0 Å². The normalized spacial score (nSPS) is 22.8. The second-order valence-corrected chi connectivity index (χ2v) is 7.73. The minimum absolute atomic E-state index is 0.00150. The van der Waals surface area contributed by atoms with E-state index in [2.05, 4.69) is 25.7 Å². The molecule has 2 fully saturated rings. The number of aryl methyl sites for hydroxylation is 1. The third-order valence-corrected chi connectivity index (χ3v) is 5.08. The van der Waals surface area contributed by atoms with E-state index in [4.69, 9.17) is 14.7 Å². The molecule has 2 aromatic rings. The Kier molecular flexibility index (Phi) is 3.34. The number of ether oxygens (including phenoxy) is 1. The van der Waals surface area contributed by atoms with Gasteiger partial charge in [0.05, 0.1) is 27.9 Å². The predicted octanol–water partition coefficient (Wildman–Crippen LogP) is 3.87. The van der Waals surface area contributed by atoms with Gasteiger partial charge in [0.2, 0.25) is 0 Å². The molecule has 0 amide bonds. The molecular weight excluding hydrogens is 286 g/mol. The molecule has 1 aromatic heterocycles. The molecule has 1 saturated carbocycles. The van der Waals surface area contributed by atoms with Crippen molar-refractivity contribution in [3.63, 3.8) is 0 Å². The lowest BCUT2D eigenvalue weighted by atomic mass is 9.94. The molecule has 1 aliphatic heterocycles. The van der Waals surface area contributed by atoms with Crippen LogP contribution >= 0.6 is 0 Å². The Morgan fingerprint density at radius 3 is 2.35 bits per heavy atom. The molecule has 1 aromatic carbocycles. The van der Waals surface area contributed by atoms with E-state index < -0.39 is 0 Å². The highest BCUT2D eigenvalue weighted by molar-refractivity contribution is 5.76. The van der Waals surface area contributed by atoms with Gasteiger partial charge in [-0.15, -0.1) is 0 Å². The van der Waals surface area contributed by atoms with Gasteiger partial charge in [-0.05, 0) is 45.7 Å². The van der Waals surface area contributed by atoms with Crippen LogP contribution < -0.4 is 4.90 Å². The number of hydrogen-bond donors (Lipinski definition) is 0. The highest BCUT2D eigenvalue weighted by Gasteiger charge is 2.46. The topological polar surface area (TPSA) is 38.2 Å². The number of morpholine rings is 1. The Bertz CT molecular complexity index is 734. The van der Waals surface area contributed by atoms with Crippen LogP contribution in [0.2, 0.25) is 0 Å². The first-order valence-corrected chi connectivity index (χ1v) is 8.65. The van der Waals surface area contributed by atoms with E-state index in [1.165, 1.54) is 12.8 Å². The molecule has 122 valence electrons. The van der Waals surface area contributed by atoms with Crippen molar-refractivity contribution in [2.24, 2.45) is 0 Å². The average Bonchev–Trinajstić information content (AvgIpc) is 2.92.